The van der Waals surface area contributed by atoms with Gasteiger partial charge in [-0.25, -0.2) is 4.98 Å². The smallest absolute Gasteiger partial charge is 0.248 e. The second-order valence-electron chi connectivity index (χ2n) is 7.16. The molecule has 2 aliphatic rings. The molecule has 0 aliphatic carbocycles. The van der Waals surface area contributed by atoms with E-state index in [0.29, 0.717) is 23.3 Å². The third-order valence-electron chi connectivity index (χ3n) is 5.48. The van der Waals surface area contributed by atoms with Crippen molar-refractivity contribution in [3.63, 3.8) is 0 Å². The van der Waals surface area contributed by atoms with Gasteiger partial charge >= 0.3 is 0 Å². The molecule has 0 radical (unpaired) electrons. The minimum Gasteiger partial charge on any atom is -0.381 e. The number of aromatic amines is 1. The lowest BCUT2D eigenvalue weighted by Crippen LogP contribution is -2.44. The number of nitrogens with zero attached hydrogens (tertiary/aromatic N) is 3. The van der Waals surface area contributed by atoms with Gasteiger partial charge in [0.1, 0.15) is 5.82 Å². The second-order valence-corrected chi connectivity index (χ2v) is 7.16. The van der Waals surface area contributed by atoms with Crippen LogP contribution in [-0.4, -0.2) is 58.3 Å². The van der Waals surface area contributed by atoms with Crippen molar-refractivity contribution in [3.8, 4) is 11.4 Å². The van der Waals surface area contributed by atoms with Gasteiger partial charge in [-0.2, -0.15) is 5.10 Å². The maximum atomic E-state index is 11.2. The maximum Gasteiger partial charge on any atom is 0.248 e. The summed E-state index contributed by atoms with van der Waals surface area (Å²) in [6, 6.07) is 7.72. The number of carbonyl (C=O) groups is 1. The summed E-state index contributed by atoms with van der Waals surface area (Å²) < 4.78 is 5.49. The van der Waals surface area contributed by atoms with Gasteiger partial charge < -0.3 is 10.5 Å². The molecule has 3 N–H and O–H groups in total. The first-order chi connectivity index (χ1) is 12.7. The molecule has 3 heterocycles. The van der Waals surface area contributed by atoms with E-state index in [4.69, 9.17) is 15.5 Å². The monoisotopic (exact) mass is 355 g/mol. The molecule has 7 heteroatoms. The summed E-state index contributed by atoms with van der Waals surface area (Å²) >= 11 is 0. The molecule has 1 atom stereocenters. The van der Waals surface area contributed by atoms with Crippen LogP contribution in [0.25, 0.3) is 11.4 Å². The van der Waals surface area contributed by atoms with Gasteiger partial charge in [0.25, 0.3) is 0 Å². The minimum atomic E-state index is -0.428. The van der Waals surface area contributed by atoms with E-state index in [-0.39, 0.29) is 0 Å². The summed E-state index contributed by atoms with van der Waals surface area (Å²) in [5, 5.41) is 7.51. The van der Waals surface area contributed by atoms with Gasteiger partial charge in [0.2, 0.25) is 5.91 Å². The number of benzene rings is 1. The van der Waals surface area contributed by atoms with Gasteiger partial charge in [-0.15, -0.1) is 0 Å². The van der Waals surface area contributed by atoms with Crippen LogP contribution < -0.4 is 5.73 Å². The zero-order valence-corrected chi connectivity index (χ0v) is 14.9. The number of carbonyl (C=O) groups excluding carboxylic acids is 1. The summed E-state index contributed by atoms with van der Waals surface area (Å²) in [5.74, 6) is 1.58. The number of amides is 1. The van der Waals surface area contributed by atoms with Crippen LogP contribution in [0.1, 0.15) is 47.8 Å². The van der Waals surface area contributed by atoms with Crippen LogP contribution >= 0.6 is 0 Å². The molecule has 138 valence electrons. The molecular formula is C19H25N5O2. The van der Waals surface area contributed by atoms with E-state index in [9.17, 15) is 4.79 Å². The van der Waals surface area contributed by atoms with E-state index in [0.717, 1.165) is 57.0 Å². The van der Waals surface area contributed by atoms with Crippen molar-refractivity contribution in [1.82, 2.24) is 20.1 Å². The topological polar surface area (TPSA) is 97.1 Å². The van der Waals surface area contributed by atoms with Gasteiger partial charge in [0.15, 0.2) is 5.82 Å². The SMILES string of the molecule is NC(=O)c1ccc(-c2n[nH]c(C3CCCN(C4CCOCC4)C3)n2)cc1. The van der Waals surface area contributed by atoms with Crippen LogP contribution in [0.5, 0.6) is 0 Å². The van der Waals surface area contributed by atoms with Crippen molar-refractivity contribution < 1.29 is 9.53 Å². The first kappa shape index (κ1) is 17.2. The molecule has 1 amide bonds. The Morgan fingerprint density at radius 1 is 1.19 bits per heavy atom. The molecule has 1 aromatic heterocycles. The van der Waals surface area contributed by atoms with E-state index in [1.165, 1.54) is 6.42 Å². The number of hydrogen-bond acceptors (Lipinski definition) is 5. The van der Waals surface area contributed by atoms with Crippen LogP contribution in [0, 0.1) is 0 Å². The summed E-state index contributed by atoms with van der Waals surface area (Å²) in [5.41, 5.74) is 6.66. The number of piperidine rings is 1. The number of likely N-dealkylation sites (tertiary alicyclic amines) is 1. The van der Waals surface area contributed by atoms with E-state index < -0.39 is 5.91 Å². The predicted octanol–water partition coefficient (Wildman–Crippen LogP) is 1.93. The Kier molecular flexibility index (Phi) is 4.99. The fourth-order valence-corrected chi connectivity index (χ4v) is 3.98. The second kappa shape index (κ2) is 7.55. The summed E-state index contributed by atoms with van der Waals surface area (Å²) in [7, 11) is 0. The van der Waals surface area contributed by atoms with Crippen molar-refractivity contribution in [2.45, 2.75) is 37.6 Å². The van der Waals surface area contributed by atoms with Gasteiger partial charge in [-0.05, 0) is 44.4 Å². The molecule has 26 heavy (non-hydrogen) atoms. The van der Waals surface area contributed by atoms with Gasteiger partial charge in [0, 0.05) is 42.8 Å². The molecular weight excluding hydrogens is 330 g/mol. The highest BCUT2D eigenvalue weighted by Gasteiger charge is 2.29. The lowest BCUT2D eigenvalue weighted by molar-refractivity contribution is 0.0235. The Balaban J connectivity index is 1.45. The first-order valence-electron chi connectivity index (χ1n) is 9.35. The van der Waals surface area contributed by atoms with E-state index >= 15 is 0 Å². The maximum absolute atomic E-state index is 11.2. The average Bonchev–Trinajstić information content (AvgIpc) is 3.19. The molecule has 2 fully saturated rings. The fourth-order valence-electron chi connectivity index (χ4n) is 3.98. The Morgan fingerprint density at radius 3 is 2.69 bits per heavy atom. The molecule has 7 nitrogen and oxygen atoms in total. The number of aromatic nitrogens is 3. The number of H-pyrrole nitrogens is 1. The molecule has 0 saturated carbocycles. The average molecular weight is 355 g/mol. The normalized spacial score (nSPS) is 22.4. The highest BCUT2D eigenvalue weighted by atomic mass is 16.5. The number of rotatable bonds is 4. The van der Waals surface area contributed by atoms with Crippen LogP contribution in [0.2, 0.25) is 0 Å². The summed E-state index contributed by atoms with van der Waals surface area (Å²) in [4.78, 5) is 18.5. The molecule has 1 aromatic carbocycles. The van der Waals surface area contributed by atoms with Crippen molar-refractivity contribution in [2.75, 3.05) is 26.3 Å². The molecule has 2 saturated heterocycles. The van der Waals surface area contributed by atoms with Crippen LogP contribution in [0.3, 0.4) is 0 Å². The predicted molar refractivity (Wildman–Crippen MR) is 97.7 cm³/mol. The Labute approximate surface area is 152 Å². The number of ether oxygens (including phenoxy) is 1. The molecule has 0 bridgehead atoms. The quantitative estimate of drug-likeness (QED) is 0.873. The number of nitrogens with two attached hydrogens (primary N) is 1. The largest absolute Gasteiger partial charge is 0.381 e. The van der Waals surface area contributed by atoms with E-state index in [1.807, 2.05) is 12.1 Å². The van der Waals surface area contributed by atoms with Crippen LogP contribution in [0.4, 0.5) is 0 Å². The van der Waals surface area contributed by atoms with Gasteiger partial charge in [-0.3, -0.25) is 14.8 Å². The lowest BCUT2D eigenvalue weighted by Gasteiger charge is -2.39. The zero-order valence-electron chi connectivity index (χ0n) is 14.9. The Morgan fingerprint density at radius 2 is 1.96 bits per heavy atom. The van der Waals surface area contributed by atoms with Gasteiger partial charge in [-0.1, -0.05) is 12.1 Å². The van der Waals surface area contributed by atoms with Crippen molar-refractivity contribution in [1.29, 1.82) is 0 Å². The van der Waals surface area contributed by atoms with E-state index in [2.05, 4.69) is 15.1 Å². The lowest BCUT2D eigenvalue weighted by atomic mass is 9.94. The van der Waals surface area contributed by atoms with Crippen LogP contribution in [0.15, 0.2) is 24.3 Å². The Hall–Kier alpha value is -2.25. The van der Waals surface area contributed by atoms with Crippen LogP contribution in [-0.2, 0) is 4.74 Å². The molecule has 2 aromatic rings. The fraction of sp³-hybridized carbons (Fsp3) is 0.526. The minimum absolute atomic E-state index is 0.387. The summed E-state index contributed by atoms with van der Waals surface area (Å²) in [6.07, 6.45) is 4.57. The molecule has 2 aliphatic heterocycles. The van der Waals surface area contributed by atoms with Gasteiger partial charge in [0.05, 0.1) is 0 Å². The zero-order chi connectivity index (χ0) is 17.9. The molecule has 0 spiro atoms. The van der Waals surface area contributed by atoms with Crippen molar-refractivity contribution in [2.24, 2.45) is 5.73 Å². The highest BCUT2D eigenvalue weighted by molar-refractivity contribution is 5.93. The number of hydrogen-bond donors (Lipinski definition) is 2. The third kappa shape index (κ3) is 3.64. The van der Waals surface area contributed by atoms with E-state index in [1.54, 1.807) is 12.1 Å². The first-order valence-corrected chi connectivity index (χ1v) is 9.35. The Bertz CT molecular complexity index is 752. The summed E-state index contributed by atoms with van der Waals surface area (Å²) in [6.45, 7) is 3.94. The number of primary amides is 1. The highest BCUT2D eigenvalue weighted by Crippen LogP contribution is 2.29. The van der Waals surface area contributed by atoms with Crippen molar-refractivity contribution in [3.05, 3.63) is 35.7 Å². The molecule has 1 unspecified atom stereocenters. The number of nitrogens with one attached hydrogen (secondary N) is 1. The van der Waals surface area contributed by atoms with Crippen molar-refractivity contribution >= 4 is 5.91 Å². The third-order valence-corrected chi connectivity index (χ3v) is 5.48. The molecule has 4 rings (SSSR count). The standard InChI is InChI=1S/C19H25N5O2/c20-17(25)13-3-5-14(6-4-13)18-21-19(23-22-18)15-2-1-9-24(12-15)16-7-10-26-11-8-16/h3-6,15-16H,1-2,7-12H2,(H2,20,25)(H,21,22,23).